The lowest BCUT2D eigenvalue weighted by Gasteiger charge is -2.24. The van der Waals surface area contributed by atoms with Crippen LogP contribution in [-0.4, -0.2) is 28.9 Å². The highest BCUT2D eigenvalue weighted by atomic mass is 16.2. The summed E-state index contributed by atoms with van der Waals surface area (Å²) in [6, 6.07) is -0.250. The maximum Gasteiger partial charge on any atom is 0.325 e. The summed E-state index contributed by atoms with van der Waals surface area (Å²) >= 11 is 0. The van der Waals surface area contributed by atoms with Gasteiger partial charge in [-0.1, -0.05) is 37.8 Å². The van der Waals surface area contributed by atoms with Crippen molar-refractivity contribution in [1.29, 1.82) is 0 Å². The van der Waals surface area contributed by atoms with Gasteiger partial charge >= 0.3 is 6.03 Å². The lowest BCUT2D eigenvalue weighted by molar-refractivity contribution is -0.131. The Hall–Kier alpha value is -1.32. The molecule has 0 aromatic heterocycles. The molecule has 1 saturated heterocycles. The smallest absolute Gasteiger partial charge is 0.323 e. The van der Waals surface area contributed by atoms with E-state index in [-0.39, 0.29) is 11.9 Å². The van der Waals surface area contributed by atoms with Crippen molar-refractivity contribution in [3.8, 4) is 0 Å². The van der Waals surface area contributed by atoms with Crippen molar-refractivity contribution in [3.05, 3.63) is 12.2 Å². The molecule has 2 fully saturated rings. The van der Waals surface area contributed by atoms with E-state index in [9.17, 15) is 9.59 Å². The van der Waals surface area contributed by atoms with Crippen molar-refractivity contribution in [2.75, 3.05) is 6.54 Å². The van der Waals surface area contributed by atoms with Crippen LogP contribution in [0, 0.1) is 0 Å². The van der Waals surface area contributed by atoms with Crippen LogP contribution in [0.25, 0.3) is 0 Å². The van der Waals surface area contributed by atoms with Gasteiger partial charge in [0.2, 0.25) is 0 Å². The van der Waals surface area contributed by atoms with Crippen LogP contribution in [-0.2, 0) is 4.79 Å². The first-order chi connectivity index (χ1) is 8.05. The molecular weight excluding hydrogens is 216 g/mol. The summed E-state index contributed by atoms with van der Waals surface area (Å²) in [7, 11) is 0. The topological polar surface area (TPSA) is 49.4 Å². The van der Waals surface area contributed by atoms with E-state index in [1.54, 1.807) is 0 Å². The van der Waals surface area contributed by atoms with Gasteiger partial charge in [0.05, 0.1) is 6.54 Å². The molecule has 3 amide bonds. The van der Waals surface area contributed by atoms with E-state index in [4.69, 9.17) is 0 Å². The molecule has 1 aliphatic carbocycles. The maximum atomic E-state index is 12.4. The zero-order valence-electron chi connectivity index (χ0n) is 10.4. The van der Waals surface area contributed by atoms with E-state index in [1.807, 2.05) is 6.92 Å². The summed E-state index contributed by atoms with van der Waals surface area (Å²) in [5, 5.41) is 2.91. The second-order valence-electron chi connectivity index (χ2n) is 5.27. The summed E-state index contributed by atoms with van der Waals surface area (Å²) in [5.74, 6) is -0.0487. The van der Waals surface area contributed by atoms with Crippen molar-refractivity contribution in [1.82, 2.24) is 10.2 Å². The van der Waals surface area contributed by atoms with Crippen molar-refractivity contribution >= 4 is 11.9 Å². The van der Waals surface area contributed by atoms with Crippen LogP contribution in [0.1, 0.15) is 45.4 Å². The Balaban J connectivity index is 2.18. The number of carbonyl (C=O) groups excluding carboxylic acids is 2. The van der Waals surface area contributed by atoms with Crippen LogP contribution in [0.5, 0.6) is 0 Å². The average Bonchev–Trinajstić information content (AvgIpc) is 2.48. The minimum absolute atomic E-state index is 0.0487. The SMILES string of the molecule is C=C(C)CN1C(=O)NC2(CCCCCC2)C1=O. The van der Waals surface area contributed by atoms with E-state index in [2.05, 4.69) is 11.9 Å². The molecule has 0 aromatic carbocycles. The lowest BCUT2D eigenvalue weighted by Crippen LogP contribution is -2.46. The molecule has 1 heterocycles. The summed E-state index contributed by atoms with van der Waals surface area (Å²) in [6.45, 7) is 5.94. The molecule has 0 aromatic rings. The number of nitrogens with zero attached hydrogens (tertiary/aromatic N) is 1. The molecule has 94 valence electrons. The standard InChI is InChI=1S/C13H20N2O2/c1-10(2)9-15-11(16)13(14-12(15)17)7-5-3-4-6-8-13/h1,3-9H2,2H3,(H,14,17). The van der Waals surface area contributed by atoms with Gasteiger partial charge in [-0.25, -0.2) is 4.79 Å². The second-order valence-corrected chi connectivity index (χ2v) is 5.27. The van der Waals surface area contributed by atoms with Gasteiger partial charge in [-0.3, -0.25) is 9.69 Å². The Morgan fingerprint density at radius 3 is 2.41 bits per heavy atom. The Bertz CT molecular complexity index is 354. The second kappa shape index (κ2) is 4.51. The van der Waals surface area contributed by atoms with E-state index < -0.39 is 5.54 Å². The third-order valence-corrected chi connectivity index (χ3v) is 3.63. The normalized spacial score (nSPS) is 23.7. The van der Waals surface area contributed by atoms with Gasteiger partial charge in [0, 0.05) is 0 Å². The highest BCUT2D eigenvalue weighted by molar-refractivity contribution is 6.07. The van der Waals surface area contributed by atoms with Crippen molar-refractivity contribution in [2.45, 2.75) is 51.0 Å². The van der Waals surface area contributed by atoms with Gasteiger partial charge in [-0.15, -0.1) is 0 Å². The first-order valence-electron chi connectivity index (χ1n) is 6.34. The van der Waals surface area contributed by atoms with Gasteiger partial charge in [0.15, 0.2) is 0 Å². The molecule has 1 saturated carbocycles. The zero-order chi connectivity index (χ0) is 12.5. The molecular formula is C13H20N2O2. The van der Waals surface area contributed by atoms with E-state index in [0.717, 1.165) is 44.1 Å². The molecule has 0 radical (unpaired) electrons. The first kappa shape index (κ1) is 12.1. The van der Waals surface area contributed by atoms with Gasteiger partial charge in [-0.05, 0) is 19.8 Å². The predicted octanol–water partition coefficient (Wildman–Crippen LogP) is 2.21. The van der Waals surface area contributed by atoms with E-state index >= 15 is 0 Å². The number of hydrogen-bond acceptors (Lipinski definition) is 2. The zero-order valence-corrected chi connectivity index (χ0v) is 10.4. The quantitative estimate of drug-likeness (QED) is 0.590. The molecule has 2 rings (SSSR count). The molecule has 1 aliphatic heterocycles. The van der Waals surface area contributed by atoms with Gasteiger partial charge in [0.25, 0.3) is 5.91 Å². The number of hydrogen-bond donors (Lipinski definition) is 1. The maximum absolute atomic E-state index is 12.4. The number of carbonyl (C=O) groups is 2. The molecule has 4 nitrogen and oxygen atoms in total. The summed E-state index contributed by atoms with van der Waals surface area (Å²) < 4.78 is 0. The summed E-state index contributed by atoms with van der Waals surface area (Å²) in [5.41, 5.74) is 0.224. The van der Waals surface area contributed by atoms with Crippen LogP contribution < -0.4 is 5.32 Å². The van der Waals surface area contributed by atoms with Crippen molar-refractivity contribution in [3.63, 3.8) is 0 Å². The number of rotatable bonds is 2. The third kappa shape index (κ3) is 2.21. The summed E-state index contributed by atoms with van der Waals surface area (Å²) in [6.07, 6.45) is 5.92. The number of nitrogens with one attached hydrogen (secondary N) is 1. The lowest BCUT2D eigenvalue weighted by atomic mass is 9.90. The highest BCUT2D eigenvalue weighted by Crippen LogP contribution is 2.32. The van der Waals surface area contributed by atoms with Crippen molar-refractivity contribution < 1.29 is 9.59 Å². The Labute approximate surface area is 102 Å². The molecule has 17 heavy (non-hydrogen) atoms. The fourth-order valence-corrected chi connectivity index (χ4v) is 2.76. The summed E-state index contributed by atoms with van der Waals surface area (Å²) in [4.78, 5) is 25.6. The first-order valence-corrected chi connectivity index (χ1v) is 6.34. The Kier molecular flexibility index (Phi) is 3.22. The molecule has 2 aliphatic rings. The molecule has 1 spiro atoms. The molecule has 0 atom stereocenters. The minimum atomic E-state index is -0.608. The van der Waals surface area contributed by atoms with Crippen LogP contribution >= 0.6 is 0 Å². The largest absolute Gasteiger partial charge is 0.325 e. The van der Waals surface area contributed by atoms with Gasteiger partial charge < -0.3 is 5.32 Å². The van der Waals surface area contributed by atoms with Crippen LogP contribution in [0.4, 0.5) is 4.79 Å². The number of amides is 3. The van der Waals surface area contributed by atoms with Crippen molar-refractivity contribution in [2.24, 2.45) is 0 Å². The van der Waals surface area contributed by atoms with E-state index in [1.165, 1.54) is 4.90 Å². The third-order valence-electron chi connectivity index (χ3n) is 3.63. The molecule has 0 bridgehead atoms. The fraction of sp³-hybridized carbons (Fsp3) is 0.692. The number of urea groups is 1. The highest BCUT2D eigenvalue weighted by Gasteiger charge is 2.50. The van der Waals surface area contributed by atoms with E-state index in [0.29, 0.717) is 6.54 Å². The van der Waals surface area contributed by atoms with Crippen LogP contribution in [0.15, 0.2) is 12.2 Å². The predicted molar refractivity (Wildman–Crippen MR) is 65.5 cm³/mol. The Morgan fingerprint density at radius 1 is 1.29 bits per heavy atom. The molecule has 1 N–H and O–H groups in total. The molecule has 0 unspecified atom stereocenters. The monoisotopic (exact) mass is 236 g/mol. The van der Waals surface area contributed by atoms with Crippen LogP contribution in [0.3, 0.4) is 0 Å². The number of imide groups is 1. The van der Waals surface area contributed by atoms with Gasteiger partial charge in [0.1, 0.15) is 5.54 Å². The minimum Gasteiger partial charge on any atom is -0.323 e. The van der Waals surface area contributed by atoms with Crippen LogP contribution in [0.2, 0.25) is 0 Å². The molecule has 4 heteroatoms. The Morgan fingerprint density at radius 2 is 1.88 bits per heavy atom. The fourth-order valence-electron chi connectivity index (χ4n) is 2.76. The van der Waals surface area contributed by atoms with Gasteiger partial charge in [-0.2, -0.15) is 0 Å². The average molecular weight is 236 g/mol.